The molecule has 23 heavy (non-hydrogen) atoms. The first kappa shape index (κ1) is 15.5. The molecule has 1 aliphatic heterocycles. The number of carbonyl (C=O) groups excluding carboxylic acids is 1. The summed E-state index contributed by atoms with van der Waals surface area (Å²) in [6.45, 7) is 2.48. The Balaban J connectivity index is 1.63. The number of benzene rings is 1. The average Bonchev–Trinajstić information content (AvgIpc) is 2.95. The Labute approximate surface area is 136 Å². The molecule has 122 valence electrons. The molecule has 0 radical (unpaired) electrons. The summed E-state index contributed by atoms with van der Waals surface area (Å²) in [4.78, 5) is 14.5. The first-order valence-corrected chi connectivity index (χ1v) is 8.24. The van der Waals surface area contributed by atoms with E-state index in [4.69, 9.17) is 4.42 Å². The van der Waals surface area contributed by atoms with Gasteiger partial charge in [0.05, 0.1) is 24.2 Å². The van der Waals surface area contributed by atoms with E-state index >= 15 is 0 Å². The Bertz CT molecular complexity index is 617. The van der Waals surface area contributed by atoms with Crippen molar-refractivity contribution in [2.24, 2.45) is 0 Å². The summed E-state index contributed by atoms with van der Waals surface area (Å²) in [6.07, 6.45) is 6.59. The molecule has 0 bridgehead atoms. The lowest BCUT2D eigenvalue weighted by molar-refractivity contribution is 0.251. The number of hydrogen-bond acceptors (Lipinski definition) is 3. The van der Waals surface area contributed by atoms with Crippen LogP contribution in [0.1, 0.15) is 31.4 Å². The number of rotatable bonds is 4. The van der Waals surface area contributed by atoms with Crippen LogP contribution in [-0.4, -0.2) is 19.1 Å². The van der Waals surface area contributed by atoms with Gasteiger partial charge in [0.2, 0.25) is 0 Å². The quantitative estimate of drug-likeness (QED) is 0.897. The fourth-order valence-corrected chi connectivity index (χ4v) is 2.91. The zero-order chi connectivity index (χ0) is 15.9. The molecule has 1 aromatic heterocycles. The Kier molecular flexibility index (Phi) is 5.19. The van der Waals surface area contributed by atoms with Gasteiger partial charge in [0.1, 0.15) is 5.76 Å². The number of furan rings is 1. The van der Waals surface area contributed by atoms with Crippen LogP contribution in [0, 0.1) is 0 Å². The van der Waals surface area contributed by atoms with Crippen molar-refractivity contribution in [3.8, 4) is 0 Å². The summed E-state index contributed by atoms with van der Waals surface area (Å²) >= 11 is 0. The molecule has 5 nitrogen and oxygen atoms in total. The Hall–Kier alpha value is -2.43. The van der Waals surface area contributed by atoms with Gasteiger partial charge in [-0.25, -0.2) is 4.79 Å². The number of carbonyl (C=O) groups is 1. The largest absolute Gasteiger partial charge is 0.467 e. The van der Waals surface area contributed by atoms with E-state index in [0.717, 1.165) is 30.2 Å². The topological polar surface area (TPSA) is 57.5 Å². The molecule has 2 amide bonds. The predicted molar refractivity (Wildman–Crippen MR) is 91.7 cm³/mol. The molecule has 5 heteroatoms. The highest BCUT2D eigenvalue weighted by Crippen LogP contribution is 2.27. The minimum absolute atomic E-state index is 0.219. The first-order valence-electron chi connectivity index (χ1n) is 8.24. The van der Waals surface area contributed by atoms with Gasteiger partial charge in [-0.15, -0.1) is 0 Å². The Morgan fingerprint density at radius 1 is 1.04 bits per heavy atom. The second kappa shape index (κ2) is 7.72. The van der Waals surface area contributed by atoms with Gasteiger partial charge in [-0.1, -0.05) is 25.0 Å². The highest BCUT2D eigenvalue weighted by atomic mass is 16.3. The van der Waals surface area contributed by atoms with E-state index in [1.54, 1.807) is 6.26 Å². The molecule has 0 unspecified atom stereocenters. The Morgan fingerprint density at radius 2 is 1.83 bits per heavy atom. The highest BCUT2D eigenvalue weighted by molar-refractivity contribution is 5.93. The van der Waals surface area contributed by atoms with E-state index in [-0.39, 0.29) is 6.03 Å². The summed E-state index contributed by atoms with van der Waals surface area (Å²) in [7, 11) is 0. The number of nitrogens with one attached hydrogen (secondary N) is 2. The van der Waals surface area contributed by atoms with Crippen molar-refractivity contribution >= 4 is 17.4 Å². The maximum absolute atomic E-state index is 12.1. The van der Waals surface area contributed by atoms with Gasteiger partial charge in [-0.3, -0.25) is 0 Å². The van der Waals surface area contributed by atoms with Crippen LogP contribution in [0.15, 0.2) is 47.1 Å². The average molecular weight is 313 g/mol. The van der Waals surface area contributed by atoms with Gasteiger partial charge in [-0.05, 0) is 37.1 Å². The number of amides is 2. The van der Waals surface area contributed by atoms with Crippen molar-refractivity contribution in [2.45, 2.75) is 32.2 Å². The third kappa shape index (κ3) is 4.28. The van der Waals surface area contributed by atoms with E-state index in [2.05, 4.69) is 21.6 Å². The molecule has 3 rings (SSSR count). The van der Waals surface area contributed by atoms with Crippen molar-refractivity contribution in [2.75, 3.05) is 23.3 Å². The van der Waals surface area contributed by atoms with Crippen molar-refractivity contribution in [1.29, 1.82) is 0 Å². The molecule has 2 aromatic rings. The zero-order valence-corrected chi connectivity index (χ0v) is 13.3. The lowest BCUT2D eigenvalue weighted by Crippen LogP contribution is -2.30. The normalized spacial score (nSPS) is 15.0. The zero-order valence-electron chi connectivity index (χ0n) is 13.3. The molecule has 0 atom stereocenters. The summed E-state index contributed by atoms with van der Waals surface area (Å²) < 4.78 is 5.22. The lowest BCUT2D eigenvalue weighted by atomic mass is 10.2. The molecule has 0 saturated carbocycles. The molecular formula is C18H23N3O2. The molecule has 2 N–H and O–H groups in total. The van der Waals surface area contributed by atoms with Gasteiger partial charge in [-0.2, -0.15) is 0 Å². The van der Waals surface area contributed by atoms with Crippen LogP contribution in [0.25, 0.3) is 0 Å². The lowest BCUT2D eigenvalue weighted by Gasteiger charge is -2.25. The molecule has 1 aromatic carbocycles. The summed E-state index contributed by atoms with van der Waals surface area (Å²) in [5.41, 5.74) is 1.95. The van der Waals surface area contributed by atoms with Crippen molar-refractivity contribution < 1.29 is 9.21 Å². The predicted octanol–water partition coefficient (Wildman–Crippen LogP) is 3.98. The van der Waals surface area contributed by atoms with Crippen LogP contribution in [0.5, 0.6) is 0 Å². The second-order valence-electron chi connectivity index (χ2n) is 5.81. The number of nitrogens with zero attached hydrogens (tertiary/aromatic N) is 1. The number of urea groups is 1. The molecule has 1 fully saturated rings. The highest BCUT2D eigenvalue weighted by Gasteiger charge is 2.14. The summed E-state index contributed by atoms with van der Waals surface area (Å²) in [5, 5.41) is 5.77. The fourth-order valence-electron chi connectivity index (χ4n) is 2.91. The van der Waals surface area contributed by atoms with Crippen LogP contribution < -0.4 is 15.5 Å². The number of hydrogen-bond donors (Lipinski definition) is 2. The second-order valence-corrected chi connectivity index (χ2v) is 5.81. The van der Waals surface area contributed by atoms with Gasteiger partial charge in [0.15, 0.2) is 0 Å². The van der Waals surface area contributed by atoms with Gasteiger partial charge in [0, 0.05) is 13.1 Å². The minimum Gasteiger partial charge on any atom is -0.467 e. The SMILES string of the molecule is O=C(NCc1ccco1)Nc1ccccc1N1CCCCCC1. The fraction of sp³-hybridized carbons (Fsp3) is 0.389. The molecule has 1 aliphatic rings. The van der Waals surface area contributed by atoms with Crippen molar-refractivity contribution in [3.05, 3.63) is 48.4 Å². The minimum atomic E-state index is -0.219. The maximum Gasteiger partial charge on any atom is 0.319 e. The number of para-hydroxylation sites is 2. The summed E-state index contributed by atoms with van der Waals surface area (Å²) in [5.74, 6) is 0.737. The third-order valence-corrected chi connectivity index (χ3v) is 4.10. The van der Waals surface area contributed by atoms with Gasteiger partial charge >= 0.3 is 6.03 Å². The van der Waals surface area contributed by atoms with Crippen LogP contribution in [-0.2, 0) is 6.54 Å². The van der Waals surface area contributed by atoms with E-state index in [0.29, 0.717) is 6.54 Å². The molecule has 0 spiro atoms. The van der Waals surface area contributed by atoms with Crippen molar-refractivity contribution in [1.82, 2.24) is 5.32 Å². The Morgan fingerprint density at radius 3 is 2.57 bits per heavy atom. The van der Waals surface area contributed by atoms with Gasteiger partial charge < -0.3 is 20.0 Å². The standard InChI is InChI=1S/C18H23N3O2/c22-18(19-14-15-8-7-13-23-15)20-16-9-3-4-10-17(16)21-11-5-1-2-6-12-21/h3-4,7-10,13H,1-2,5-6,11-12,14H2,(H2,19,20,22). The van der Waals surface area contributed by atoms with Crippen LogP contribution in [0.2, 0.25) is 0 Å². The van der Waals surface area contributed by atoms with Gasteiger partial charge in [0.25, 0.3) is 0 Å². The van der Waals surface area contributed by atoms with Crippen LogP contribution >= 0.6 is 0 Å². The molecule has 0 aliphatic carbocycles. The summed E-state index contributed by atoms with van der Waals surface area (Å²) in [6, 6.07) is 11.4. The first-order chi connectivity index (χ1) is 11.3. The number of anilines is 2. The van der Waals surface area contributed by atoms with E-state index in [9.17, 15) is 4.79 Å². The smallest absolute Gasteiger partial charge is 0.319 e. The monoisotopic (exact) mass is 313 g/mol. The van der Waals surface area contributed by atoms with Crippen molar-refractivity contribution in [3.63, 3.8) is 0 Å². The van der Waals surface area contributed by atoms with E-state index in [1.807, 2.05) is 30.3 Å². The van der Waals surface area contributed by atoms with E-state index in [1.165, 1.54) is 25.7 Å². The van der Waals surface area contributed by atoms with Crippen LogP contribution in [0.4, 0.5) is 16.2 Å². The third-order valence-electron chi connectivity index (χ3n) is 4.10. The molecule has 2 heterocycles. The molecule has 1 saturated heterocycles. The van der Waals surface area contributed by atoms with E-state index < -0.39 is 0 Å². The van der Waals surface area contributed by atoms with Crippen LogP contribution in [0.3, 0.4) is 0 Å². The maximum atomic E-state index is 12.1. The molecular weight excluding hydrogens is 290 g/mol.